The Balaban J connectivity index is 3.37. The average Bonchev–Trinajstić information content (AvgIpc) is 2.28. The summed E-state index contributed by atoms with van der Waals surface area (Å²) in [5.74, 6) is 0.631. The molecule has 0 unspecified atom stereocenters. The quantitative estimate of drug-likeness (QED) is 0.706. The van der Waals surface area contributed by atoms with Crippen LogP contribution in [0.15, 0.2) is 18.2 Å². The van der Waals surface area contributed by atoms with E-state index in [4.69, 9.17) is 10.00 Å². The van der Waals surface area contributed by atoms with Gasteiger partial charge in [0.05, 0.1) is 18.7 Å². The number of carbonyl (C=O) groups is 1. The minimum absolute atomic E-state index is 0.528. The summed E-state index contributed by atoms with van der Waals surface area (Å²) < 4.78 is 5.16. The number of hydrogen-bond donors (Lipinski definition) is 0. The fourth-order valence-corrected chi connectivity index (χ4v) is 1.34. The molecular weight excluding hydrogens is 190 g/mol. The van der Waals surface area contributed by atoms with Crippen molar-refractivity contribution < 1.29 is 9.53 Å². The zero-order valence-corrected chi connectivity index (χ0v) is 9.07. The minimum atomic E-state index is -0.641. The Morgan fingerprint density at radius 2 is 2.13 bits per heavy atom. The molecule has 0 heterocycles. The molecule has 0 aliphatic heterocycles. The molecule has 0 radical (unpaired) electrons. The van der Waals surface area contributed by atoms with Crippen molar-refractivity contribution in [3.8, 4) is 11.8 Å². The third-order valence-electron chi connectivity index (χ3n) is 2.32. The van der Waals surface area contributed by atoms with E-state index in [0.29, 0.717) is 11.3 Å². The van der Waals surface area contributed by atoms with E-state index in [1.807, 2.05) is 6.07 Å². The molecule has 0 saturated heterocycles. The lowest BCUT2D eigenvalue weighted by atomic mass is 9.85. The van der Waals surface area contributed by atoms with Crippen LogP contribution in [0.25, 0.3) is 0 Å². The first-order valence-electron chi connectivity index (χ1n) is 4.60. The van der Waals surface area contributed by atoms with Crippen molar-refractivity contribution in [3.63, 3.8) is 0 Å². The normalized spacial score (nSPS) is 10.5. The second-order valence-electron chi connectivity index (χ2n) is 3.87. The highest BCUT2D eigenvalue weighted by Crippen LogP contribution is 2.30. The van der Waals surface area contributed by atoms with Crippen LogP contribution in [0.1, 0.15) is 25.0 Å². The summed E-state index contributed by atoms with van der Waals surface area (Å²) in [7, 11) is 1.55. The van der Waals surface area contributed by atoms with Crippen LogP contribution in [0.2, 0.25) is 0 Å². The number of benzene rings is 1. The van der Waals surface area contributed by atoms with Crippen molar-refractivity contribution in [2.75, 3.05) is 7.11 Å². The van der Waals surface area contributed by atoms with E-state index in [1.54, 1.807) is 39.2 Å². The van der Waals surface area contributed by atoms with E-state index in [1.165, 1.54) is 0 Å². The third kappa shape index (κ3) is 2.16. The number of aldehydes is 1. The molecule has 0 amide bonds. The van der Waals surface area contributed by atoms with E-state index < -0.39 is 5.41 Å². The molecule has 0 saturated carbocycles. The molecule has 3 nitrogen and oxygen atoms in total. The van der Waals surface area contributed by atoms with Crippen LogP contribution in [-0.4, -0.2) is 13.4 Å². The molecule has 78 valence electrons. The molecule has 3 heteroatoms. The predicted molar refractivity (Wildman–Crippen MR) is 56.8 cm³/mol. The lowest BCUT2D eigenvalue weighted by Gasteiger charge is -2.20. The van der Waals surface area contributed by atoms with Gasteiger partial charge >= 0.3 is 0 Å². The first-order chi connectivity index (χ1) is 7.05. The van der Waals surface area contributed by atoms with E-state index >= 15 is 0 Å². The molecular formula is C12H13NO2. The molecule has 0 spiro atoms. The van der Waals surface area contributed by atoms with Crippen LogP contribution in [0.5, 0.6) is 5.75 Å². The number of ether oxygens (including phenoxy) is 1. The van der Waals surface area contributed by atoms with Gasteiger partial charge in [0.15, 0.2) is 0 Å². The summed E-state index contributed by atoms with van der Waals surface area (Å²) >= 11 is 0. The molecule has 0 atom stereocenters. The molecule has 15 heavy (non-hydrogen) atoms. The highest BCUT2D eigenvalue weighted by atomic mass is 16.5. The van der Waals surface area contributed by atoms with Crippen LogP contribution in [0, 0.1) is 11.3 Å². The number of nitrogens with zero attached hydrogens (tertiary/aromatic N) is 1. The monoisotopic (exact) mass is 203 g/mol. The standard InChI is InChI=1S/C12H13NO2/c1-12(2,8-14)10-6-9(7-13)4-5-11(10)15-3/h4-6,8H,1-3H3. The Bertz CT molecular complexity index is 416. The number of hydrogen-bond acceptors (Lipinski definition) is 3. The van der Waals surface area contributed by atoms with Crippen LogP contribution >= 0.6 is 0 Å². The number of carbonyl (C=O) groups excluding carboxylic acids is 1. The fourth-order valence-electron chi connectivity index (χ4n) is 1.34. The molecule has 0 N–H and O–H groups in total. The smallest absolute Gasteiger partial charge is 0.130 e. The van der Waals surface area contributed by atoms with Gasteiger partial charge in [0.25, 0.3) is 0 Å². The van der Waals surface area contributed by atoms with Gasteiger partial charge in [-0.05, 0) is 32.0 Å². The second kappa shape index (κ2) is 4.14. The number of methoxy groups -OCH3 is 1. The largest absolute Gasteiger partial charge is 0.496 e. The fraction of sp³-hybridized carbons (Fsp3) is 0.333. The van der Waals surface area contributed by atoms with Gasteiger partial charge in [-0.2, -0.15) is 5.26 Å². The summed E-state index contributed by atoms with van der Waals surface area (Å²) in [5.41, 5.74) is 0.623. The van der Waals surface area contributed by atoms with E-state index in [0.717, 1.165) is 11.8 Å². The predicted octanol–water partition coefficient (Wildman–Crippen LogP) is 2.04. The van der Waals surface area contributed by atoms with Gasteiger partial charge in [-0.25, -0.2) is 0 Å². The van der Waals surface area contributed by atoms with Gasteiger partial charge in [0.2, 0.25) is 0 Å². The molecule has 0 aliphatic rings. The second-order valence-corrected chi connectivity index (χ2v) is 3.87. The number of rotatable bonds is 3. The van der Waals surface area contributed by atoms with Crippen LogP contribution in [0.3, 0.4) is 0 Å². The first-order valence-corrected chi connectivity index (χ1v) is 4.60. The van der Waals surface area contributed by atoms with Gasteiger partial charge in [0.1, 0.15) is 12.0 Å². The Morgan fingerprint density at radius 3 is 2.60 bits per heavy atom. The summed E-state index contributed by atoms with van der Waals surface area (Å²) in [5, 5.41) is 8.78. The average molecular weight is 203 g/mol. The molecule has 1 aromatic rings. The van der Waals surface area contributed by atoms with Crippen LogP contribution in [-0.2, 0) is 10.2 Å². The van der Waals surface area contributed by atoms with E-state index in [2.05, 4.69) is 0 Å². The van der Waals surface area contributed by atoms with Gasteiger partial charge < -0.3 is 9.53 Å². The molecule has 0 aliphatic carbocycles. The van der Waals surface area contributed by atoms with Crippen molar-refractivity contribution in [2.24, 2.45) is 0 Å². The maximum Gasteiger partial charge on any atom is 0.130 e. The van der Waals surface area contributed by atoms with Crippen LogP contribution < -0.4 is 4.74 Å². The maximum absolute atomic E-state index is 11.0. The van der Waals surface area contributed by atoms with Gasteiger partial charge in [-0.15, -0.1) is 0 Å². The van der Waals surface area contributed by atoms with E-state index in [-0.39, 0.29) is 0 Å². The van der Waals surface area contributed by atoms with Crippen LogP contribution in [0.4, 0.5) is 0 Å². The van der Waals surface area contributed by atoms with Crippen molar-refractivity contribution in [3.05, 3.63) is 29.3 Å². The molecule has 0 bridgehead atoms. The lowest BCUT2D eigenvalue weighted by Crippen LogP contribution is -2.19. The highest BCUT2D eigenvalue weighted by Gasteiger charge is 2.24. The summed E-state index contributed by atoms with van der Waals surface area (Å²) in [6, 6.07) is 7.11. The van der Waals surface area contributed by atoms with Gasteiger partial charge in [-0.1, -0.05) is 0 Å². The Morgan fingerprint density at radius 1 is 1.47 bits per heavy atom. The zero-order chi connectivity index (χ0) is 11.5. The van der Waals surface area contributed by atoms with Gasteiger partial charge in [0, 0.05) is 11.0 Å². The SMILES string of the molecule is COc1ccc(C#N)cc1C(C)(C)C=O. The zero-order valence-electron chi connectivity index (χ0n) is 9.07. The van der Waals surface area contributed by atoms with E-state index in [9.17, 15) is 4.79 Å². The lowest BCUT2D eigenvalue weighted by molar-refractivity contribution is -0.111. The first kappa shape index (κ1) is 11.3. The van der Waals surface area contributed by atoms with Crippen molar-refractivity contribution in [2.45, 2.75) is 19.3 Å². The molecule has 0 aromatic heterocycles. The summed E-state index contributed by atoms with van der Waals surface area (Å²) in [6.07, 6.45) is 0.853. The summed E-state index contributed by atoms with van der Waals surface area (Å²) in [4.78, 5) is 11.0. The van der Waals surface area contributed by atoms with Crippen molar-refractivity contribution in [1.82, 2.24) is 0 Å². The molecule has 0 fully saturated rings. The maximum atomic E-state index is 11.0. The number of nitriles is 1. The van der Waals surface area contributed by atoms with Crippen molar-refractivity contribution >= 4 is 6.29 Å². The van der Waals surface area contributed by atoms with Crippen molar-refractivity contribution in [1.29, 1.82) is 5.26 Å². The third-order valence-corrected chi connectivity index (χ3v) is 2.32. The Labute approximate surface area is 89.3 Å². The minimum Gasteiger partial charge on any atom is -0.496 e. The molecule has 1 rings (SSSR count). The Kier molecular flexibility index (Phi) is 3.11. The van der Waals surface area contributed by atoms with Gasteiger partial charge in [-0.3, -0.25) is 0 Å². The molecule has 1 aromatic carbocycles. The Hall–Kier alpha value is -1.82. The highest BCUT2D eigenvalue weighted by molar-refractivity contribution is 5.69. The summed E-state index contributed by atoms with van der Waals surface area (Å²) in [6.45, 7) is 3.58. The topological polar surface area (TPSA) is 50.1 Å².